The standard InChI is InChI=1S/C31H44O5/c1-28(2,15-17-32)35-21-31(26-13-9-7-11-24(26)25-12-8-10-14-27(25)31)22-36-29(3,4)16-18-34-30(5,6)19-23-20-33-23/h7-14,23,32H,15-22H2,1-6H3. The summed E-state index contributed by atoms with van der Waals surface area (Å²) in [5.41, 5.74) is 3.53. The van der Waals surface area contributed by atoms with E-state index in [1.807, 2.05) is 13.8 Å². The van der Waals surface area contributed by atoms with Crippen LogP contribution < -0.4 is 0 Å². The minimum Gasteiger partial charge on any atom is -0.396 e. The number of fused-ring (bicyclic) bond motifs is 3. The van der Waals surface area contributed by atoms with Crippen LogP contribution in [0.25, 0.3) is 11.1 Å². The molecule has 1 heterocycles. The van der Waals surface area contributed by atoms with Crippen molar-refractivity contribution < 1.29 is 24.1 Å². The Morgan fingerprint density at radius 1 is 0.778 bits per heavy atom. The normalized spacial score (nSPS) is 18.7. The molecule has 36 heavy (non-hydrogen) atoms. The molecule has 0 spiro atoms. The molecule has 2 aromatic carbocycles. The summed E-state index contributed by atoms with van der Waals surface area (Å²) in [6.45, 7) is 15.2. The fourth-order valence-corrected chi connectivity index (χ4v) is 5.19. The fraction of sp³-hybridized carbons (Fsp3) is 0.613. The number of benzene rings is 2. The van der Waals surface area contributed by atoms with E-state index < -0.39 is 11.0 Å². The zero-order valence-corrected chi connectivity index (χ0v) is 22.9. The predicted molar refractivity (Wildman–Crippen MR) is 143 cm³/mol. The van der Waals surface area contributed by atoms with Gasteiger partial charge in [0.2, 0.25) is 0 Å². The Morgan fingerprint density at radius 2 is 1.28 bits per heavy atom. The second-order valence-corrected chi connectivity index (χ2v) is 12.3. The number of aliphatic hydroxyl groups excluding tert-OH is 1. The average Bonchev–Trinajstić information content (AvgIpc) is 3.57. The lowest BCUT2D eigenvalue weighted by Gasteiger charge is -2.38. The SMILES string of the molecule is CC(C)(CCO)OCC1(COC(C)(C)CCOC(C)(C)CC2CO2)c2ccccc2-c2ccccc21. The molecule has 2 aromatic rings. The van der Waals surface area contributed by atoms with Crippen molar-refractivity contribution in [1.82, 2.24) is 0 Å². The van der Waals surface area contributed by atoms with Crippen molar-refractivity contribution in [2.45, 2.75) is 89.1 Å². The highest BCUT2D eigenvalue weighted by molar-refractivity contribution is 5.81. The topological polar surface area (TPSA) is 60.5 Å². The van der Waals surface area contributed by atoms with Crippen LogP contribution in [0.5, 0.6) is 0 Å². The molecule has 1 aliphatic carbocycles. The molecular formula is C31H44O5. The van der Waals surface area contributed by atoms with Crippen molar-refractivity contribution in [3.63, 3.8) is 0 Å². The lowest BCUT2D eigenvalue weighted by Crippen LogP contribution is -2.43. The molecule has 4 rings (SSSR count). The summed E-state index contributed by atoms with van der Waals surface area (Å²) >= 11 is 0. The summed E-state index contributed by atoms with van der Waals surface area (Å²) < 4.78 is 24.9. The Bertz CT molecular complexity index is 976. The third-order valence-electron chi connectivity index (χ3n) is 7.63. The van der Waals surface area contributed by atoms with Crippen LogP contribution in [0.3, 0.4) is 0 Å². The van der Waals surface area contributed by atoms with Crippen molar-refractivity contribution in [2.75, 3.05) is 33.0 Å². The molecule has 2 aliphatic rings. The maximum absolute atomic E-state index is 9.55. The van der Waals surface area contributed by atoms with E-state index in [9.17, 15) is 5.11 Å². The van der Waals surface area contributed by atoms with E-state index in [4.69, 9.17) is 18.9 Å². The van der Waals surface area contributed by atoms with Gasteiger partial charge in [0.15, 0.2) is 0 Å². The van der Waals surface area contributed by atoms with Crippen LogP contribution in [0.15, 0.2) is 48.5 Å². The number of epoxide rings is 1. The summed E-state index contributed by atoms with van der Waals surface area (Å²) in [4.78, 5) is 0. The van der Waals surface area contributed by atoms with E-state index in [0.29, 0.717) is 32.3 Å². The van der Waals surface area contributed by atoms with E-state index in [1.165, 1.54) is 22.3 Å². The lowest BCUT2D eigenvalue weighted by molar-refractivity contribution is -0.102. The van der Waals surface area contributed by atoms with Gasteiger partial charge in [0, 0.05) is 13.0 Å². The van der Waals surface area contributed by atoms with Gasteiger partial charge in [0.1, 0.15) is 0 Å². The molecule has 0 aromatic heterocycles. The maximum Gasteiger partial charge on any atom is 0.0837 e. The molecule has 0 amide bonds. The van der Waals surface area contributed by atoms with Gasteiger partial charge in [-0.1, -0.05) is 48.5 Å². The Hall–Kier alpha value is -1.76. The molecule has 5 nitrogen and oxygen atoms in total. The summed E-state index contributed by atoms with van der Waals surface area (Å²) in [6, 6.07) is 17.2. The van der Waals surface area contributed by atoms with Crippen molar-refractivity contribution in [3.05, 3.63) is 59.7 Å². The van der Waals surface area contributed by atoms with Crippen LogP contribution in [0.2, 0.25) is 0 Å². The highest BCUT2D eigenvalue weighted by Gasteiger charge is 2.45. The molecule has 0 bridgehead atoms. The summed E-state index contributed by atoms with van der Waals surface area (Å²) in [7, 11) is 0. The molecule has 0 saturated carbocycles. The molecule has 198 valence electrons. The first-order valence-corrected chi connectivity index (χ1v) is 13.3. The van der Waals surface area contributed by atoms with Gasteiger partial charge in [-0.05, 0) is 76.6 Å². The van der Waals surface area contributed by atoms with Crippen molar-refractivity contribution >= 4 is 0 Å². The number of hydrogen-bond acceptors (Lipinski definition) is 5. The molecule has 1 aliphatic heterocycles. The van der Waals surface area contributed by atoms with Gasteiger partial charge in [-0.3, -0.25) is 0 Å². The predicted octanol–water partition coefficient (Wildman–Crippen LogP) is 5.90. The molecule has 1 unspecified atom stereocenters. The molecule has 1 N–H and O–H groups in total. The van der Waals surface area contributed by atoms with Crippen LogP contribution in [0.1, 0.15) is 71.9 Å². The van der Waals surface area contributed by atoms with Crippen LogP contribution in [-0.2, 0) is 24.4 Å². The second-order valence-electron chi connectivity index (χ2n) is 12.3. The van der Waals surface area contributed by atoms with Crippen molar-refractivity contribution in [1.29, 1.82) is 0 Å². The Kier molecular flexibility index (Phi) is 7.99. The number of aliphatic hydroxyl groups is 1. The smallest absolute Gasteiger partial charge is 0.0837 e. The Morgan fingerprint density at radius 3 is 1.78 bits per heavy atom. The molecule has 1 atom stereocenters. The Balaban J connectivity index is 1.53. The van der Waals surface area contributed by atoms with Gasteiger partial charge in [0.25, 0.3) is 0 Å². The van der Waals surface area contributed by atoms with E-state index in [1.54, 1.807) is 0 Å². The second kappa shape index (κ2) is 10.5. The highest BCUT2D eigenvalue weighted by atomic mass is 16.6. The first kappa shape index (κ1) is 27.3. The fourth-order valence-electron chi connectivity index (χ4n) is 5.19. The average molecular weight is 497 g/mol. The number of ether oxygens (including phenoxy) is 4. The maximum atomic E-state index is 9.55. The van der Waals surface area contributed by atoms with E-state index in [-0.39, 0.29) is 17.8 Å². The summed E-state index contributed by atoms with van der Waals surface area (Å²) in [5.74, 6) is 0. The van der Waals surface area contributed by atoms with Crippen LogP contribution in [-0.4, -0.2) is 61.0 Å². The molecule has 1 fully saturated rings. The largest absolute Gasteiger partial charge is 0.396 e. The van der Waals surface area contributed by atoms with Gasteiger partial charge in [-0.25, -0.2) is 0 Å². The van der Waals surface area contributed by atoms with Crippen LogP contribution >= 0.6 is 0 Å². The highest BCUT2D eigenvalue weighted by Crippen LogP contribution is 2.50. The lowest BCUT2D eigenvalue weighted by atomic mass is 9.79. The number of rotatable bonds is 14. The van der Waals surface area contributed by atoms with Gasteiger partial charge in [-0.15, -0.1) is 0 Å². The van der Waals surface area contributed by atoms with Crippen molar-refractivity contribution in [2.24, 2.45) is 0 Å². The van der Waals surface area contributed by atoms with Crippen molar-refractivity contribution in [3.8, 4) is 11.1 Å². The third kappa shape index (κ3) is 6.38. The van der Waals surface area contributed by atoms with E-state index >= 15 is 0 Å². The van der Waals surface area contributed by atoms with Crippen LogP contribution in [0.4, 0.5) is 0 Å². The van der Waals surface area contributed by atoms with E-state index in [0.717, 1.165) is 19.4 Å². The number of hydrogen-bond donors (Lipinski definition) is 1. The Labute approximate surface area is 217 Å². The van der Waals surface area contributed by atoms with Gasteiger partial charge in [0.05, 0.1) is 54.7 Å². The van der Waals surface area contributed by atoms with Crippen LogP contribution in [0, 0.1) is 0 Å². The summed E-state index contributed by atoms with van der Waals surface area (Å²) in [6.07, 6.45) is 2.64. The molecule has 0 radical (unpaired) electrons. The quantitative estimate of drug-likeness (QED) is 0.330. The zero-order chi connectivity index (χ0) is 26.0. The van der Waals surface area contributed by atoms with Gasteiger partial charge in [-0.2, -0.15) is 0 Å². The van der Waals surface area contributed by atoms with Gasteiger partial charge >= 0.3 is 0 Å². The first-order chi connectivity index (χ1) is 17.0. The minimum atomic E-state index is -0.436. The summed E-state index contributed by atoms with van der Waals surface area (Å²) in [5, 5.41) is 9.55. The van der Waals surface area contributed by atoms with Gasteiger partial charge < -0.3 is 24.1 Å². The van der Waals surface area contributed by atoms with E-state index in [2.05, 4.69) is 76.2 Å². The third-order valence-corrected chi connectivity index (χ3v) is 7.63. The molecule has 5 heteroatoms. The molecule has 1 saturated heterocycles. The monoisotopic (exact) mass is 496 g/mol. The zero-order valence-electron chi connectivity index (χ0n) is 22.9. The first-order valence-electron chi connectivity index (χ1n) is 13.3. The minimum absolute atomic E-state index is 0.0971. The molecular weight excluding hydrogens is 452 g/mol.